The Morgan fingerprint density at radius 1 is 1.08 bits per heavy atom. The van der Waals surface area contributed by atoms with Crippen LogP contribution in [0.4, 0.5) is 0 Å². The van der Waals surface area contributed by atoms with Gasteiger partial charge >= 0.3 is 5.97 Å². The van der Waals surface area contributed by atoms with Crippen molar-refractivity contribution in [2.45, 2.75) is 149 Å². The number of ketones is 1. The smallest absolute Gasteiger partial charge is 0.309 e. The molecule has 0 amide bonds. The summed E-state index contributed by atoms with van der Waals surface area (Å²) in [5.41, 5.74) is 0. The Bertz CT molecular complexity index is 724. The Balaban J connectivity index is 2.57. The molecule has 37 heavy (non-hydrogen) atoms. The molecule has 1 aliphatic rings. The third-order valence-corrected chi connectivity index (χ3v) is 12.6. The molecule has 0 aromatic carbocycles. The van der Waals surface area contributed by atoms with Gasteiger partial charge in [-0.3, -0.25) is 9.59 Å². The average Bonchev–Trinajstić information content (AvgIpc) is 3.12. The highest BCUT2D eigenvalue weighted by Gasteiger charge is 2.40. The topological polar surface area (TPSA) is 82.1 Å². The van der Waals surface area contributed by atoms with E-state index < -0.39 is 32.1 Å². The van der Waals surface area contributed by atoms with Crippen LogP contribution in [0.1, 0.15) is 113 Å². The van der Waals surface area contributed by atoms with E-state index in [0.29, 0.717) is 25.9 Å². The number of carboxylic acid groups (broad SMARTS) is 1. The van der Waals surface area contributed by atoms with Crippen LogP contribution >= 0.6 is 0 Å². The highest BCUT2D eigenvalue weighted by Crippen LogP contribution is 2.38. The van der Waals surface area contributed by atoms with E-state index in [-0.39, 0.29) is 22.8 Å². The molecule has 0 aromatic heterocycles. The minimum atomic E-state index is -1.83. The van der Waals surface area contributed by atoms with E-state index in [0.717, 1.165) is 25.7 Å². The van der Waals surface area contributed by atoms with Crippen molar-refractivity contribution < 1.29 is 28.6 Å². The maximum atomic E-state index is 12.3. The summed E-state index contributed by atoms with van der Waals surface area (Å²) >= 11 is 0. The highest BCUT2D eigenvalue weighted by atomic mass is 28.4. The first-order valence-corrected chi connectivity index (χ1v) is 17.4. The van der Waals surface area contributed by atoms with Crippen molar-refractivity contribution in [3.8, 4) is 0 Å². The lowest BCUT2D eigenvalue weighted by Gasteiger charge is -2.39. The number of allylic oxidation sites excluding steroid dienone is 2. The second-order valence-electron chi connectivity index (χ2n) is 12.8. The fourth-order valence-electron chi connectivity index (χ4n) is 4.59. The van der Waals surface area contributed by atoms with E-state index >= 15 is 0 Å². The lowest BCUT2D eigenvalue weighted by atomic mass is 9.92. The van der Waals surface area contributed by atoms with E-state index in [1.54, 1.807) is 20.8 Å². The molecule has 3 unspecified atom stereocenters. The molecule has 0 spiro atoms. The number of rotatable bonds is 18. The third-order valence-electron chi connectivity index (χ3n) is 8.08. The first-order valence-electron chi connectivity index (χ1n) is 14.5. The van der Waals surface area contributed by atoms with Crippen molar-refractivity contribution in [1.29, 1.82) is 0 Å². The molecule has 0 aliphatic carbocycles. The fraction of sp³-hybridized carbons (Fsp3) is 0.867. The molecule has 7 heteroatoms. The Hall–Kier alpha value is -1.02. The molecular formula is C30H56O6Si. The predicted molar refractivity (Wildman–Crippen MR) is 153 cm³/mol. The SMILES string of the molecule is CCCCCC(CCCC(CC=CCCC(C(=O)O)[C@H]1COC(C)(C)O1)C(C)=O)O[Si](C)(C)C(C)(C)C. The average molecular weight is 541 g/mol. The molecular weight excluding hydrogens is 484 g/mol. The molecule has 1 saturated heterocycles. The van der Waals surface area contributed by atoms with E-state index in [9.17, 15) is 14.7 Å². The van der Waals surface area contributed by atoms with Gasteiger partial charge in [-0.05, 0) is 77.4 Å². The van der Waals surface area contributed by atoms with Crippen LogP contribution in [0.25, 0.3) is 0 Å². The highest BCUT2D eigenvalue weighted by molar-refractivity contribution is 6.74. The molecule has 0 saturated carbocycles. The molecule has 1 aliphatic heterocycles. The van der Waals surface area contributed by atoms with Crippen LogP contribution in [-0.2, 0) is 23.5 Å². The van der Waals surface area contributed by atoms with Crippen molar-refractivity contribution >= 4 is 20.1 Å². The van der Waals surface area contributed by atoms with E-state index in [2.05, 4.69) is 40.8 Å². The molecule has 0 bridgehead atoms. The zero-order valence-corrected chi connectivity index (χ0v) is 26.2. The van der Waals surface area contributed by atoms with Crippen LogP contribution in [0.3, 0.4) is 0 Å². The monoisotopic (exact) mass is 540 g/mol. The summed E-state index contributed by atoms with van der Waals surface area (Å²) in [7, 11) is -1.83. The molecule has 0 aromatic rings. The van der Waals surface area contributed by atoms with Crippen LogP contribution in [0, 0.1) is 11.8 Å². The third kappa shape index (κ3) is 12.6. The zero-order chi connectivity index (χ0) is 28.3. The molecule has 216 valence electrons. The van der Waals surface area contributed by atoms with Crippen molar-refractivity contribution in [1.82, 2.24) is 0 Å². The number of hydrogen-bond donors (Lipinski definition) is 1. The number of carbonyl (C=O) groups is 2. The van der Waals surface area contributed by atoms with Gasteiger partial charge in [-0.15, -0.1) is 0 Å². The second-order valence-corrected chi connectivity index (χ2v) is 17.6. The number of unbranched alkanes of at least 4 members (excludes halogenated alkanes) is 2. The molecule has 1 N–H and O–H groups in total. The Morgan fingerprint density at radius 2 is 1.73 bits per heavy atom. The zero-order valence-electron chi connectivity index (χ0n) is 25.2. The number of ether oxygens (including phenoxy) is 2. The van der Waals surface area contributed by atoms with Crippen LogP contribution in [0.5, 0.6) is 0 Å². The number of hydrogen-bond acceptors (Lipinski definition) is 5. The normalized spacial score (nSPS) is 20.7. The lowest BCUT2D eigenvalue weighted by molar-refractivity contribution is -0.159. The minimum absolute atomic E-state index is 0.00282. The van der Waals surface area contributed by atoms with Crippen molar-refractivity contribution in [3.05, 3.63) is 12.2 Å². The molecule has 6 nitrogen and oxygen atoms in total. The van der Waals surface area contributed by atoms with Gasteiger partial charge < -0.3 is 19.0 Å². The number of carbonyl (C=O) groups excluding carboxylic acids is 1. The van der Waals surface area contributed by atoms with Gasteiger partial charge in [0.2, 0.25) is 0 Å². The van der Waals surface area contributed by atoms with Gasteiger partial charge in [-0.2, -0.15) is 0 Å². The molecule has 1 heterocycles. The summed E-state index contributed by atoms with van der Waals surface area (Å²) in [6.45, 7) is 19.3. The Kier molecular flexibility index (Phi) is 14.3. The fourth-order valence-corrected chi connectivity index (χ4v) is 6.02. The van der Waals surface area contributed by atoms with Gasteiger partial charge in [0.1, 0.15) is 5.78 Å². The quantitative estimate of drug-likeness (QED) is 0.108. The van der Waals surface area contributed by atoms with Gasteiger partial charge in [0, 0.05) is 12.0 Å². The van der Waals surface area contributed by atoms with E-state index in [4.69, 9.17) is 13.9 Å². The van der Waals surface area contributed by atoms with Gasteiger partial charge in [-0.1, -0.05) is 65.5 Å². The van der Waals surface area contributed by atoms with E-state index in [1.807, 2.05) is 12.2 Å². The molecule has 1 rings (SSSR count). The lowest BCUT2D eigenvalue weighted by Crippen LogP contribution is -2.44. The number of carboxylic acids is 1. The second kappa shape index (κ2) is 15.5. The van der Waals surface area contributed by atoms with Crippen molar-refractivity contribution in [2.24, 2.45) is 11.8 Å². The van der Waals surface area contributed by atoms with Crippen LogP contribution < -0.4 is 0 Å². The molecule has 1 fully saturated rings. The van der Waals surface area contributed by atoms with Gasteiger partial charge in [0.15, 0.2) is 14.1 Å². The van der Waals surface area contributed by atoms with Crippen molar-refractivity contribution in [2.75, 3.05) is 6.61 Å². The first-order chi connectivity index (χ1) is 17.1. The van der Waals surface area contributed by atoms with Crippen LogP contribution in [0.2, 0.25) is 18.1 Å². The van der Waals surface area contributed by atoms with E-state index in [1.165, 1.54) is 19.3 Å². The van der Waals surface area contributed by atoms with Gasteiger partial charge in [0.25, 0.3) is 0 Å². The number of aliphatic carboxylic acids is 1. The Labute approximate surface area is 228 Å². The summed E-state index contributed by atoms with van der Waals surface area (Å²) in [4.78, 5) is 24.1. The minimum Gasteiger partial charge on any atom is -0.481 e. The summed E-state index contributed by atoms with van der Waals surface area (Å²) in [5, 5.41) is 9.82. The first kappa shape index (κ1) is 34.0. The molecule has 4 atom stereocenters. The predicted octanol–water partition coefficient (Wildman–Crippen LogP) is 7.91. The summed E-state index contributed by atoms with van der Waals surface area (Å²) in [6.07, 6.45) is 13.3. The largest absolute Gasteiger partial charge is 0.481 e. The van der Waals surface area contributed by atoms with Gasteiger partial charge in [0.05, 0.1) is 18.6 Å². The Morgan fingerprint density at radius 3 is 2.24 bits per heavy atom. The molecule has 0 radical (unpaired) electrons. The van der Waals surface area contributed by atoms with Crippen molar-refractivity contribution in [3.63, 3.8) is 0 Å². The maximum Gasteiger partial charge on any atom is 0.309 e. The van der Waals surface area contributed by atoms with Crippen LogP contribution in [0.15, 0.2) is 12.2 Å². The van der Waals surface area contributed by atoms with Crippen LogP contribution in [-0.4, -0.2) is 49.8 Å². The summed E-state index contributed by atoms with van der Waals surface area (Å²) in [5.74, 6) is -1.95. The standard InChI is InChI=1S/C30H56O6Si/c1-10-11-13-19-25(36-37(8,9)29(3,4)5)20-16-18-24(23(2)31)17-14-12-15-21-26(28(32)33)27-22-34-30(6,7)35-27/h12,14,24-27H,10-11,13,15-22H2,1-9H3,(H,32,33)/t24?,25?,26?,27-/m1/s1. The van der Waals surface area contributed by atoms with Gasteiger partial charge in [-0.25, -0.2) is 0 Å². The number of Topliss-reactive ketones (excluding diaryl/α,β-unsaturated/α-hetero) is 1. The summed E-state index contributed by atoms with van der Waals surface area (Å²) < 4.78 is 18.1. The maximum absolute atomic E-state index is 12.3. The summed E-state index contributed by atoms with van der Waals surface area (Å²) in [6, 6.07) is 0.